The molecule has 3 saturated carbocycles. The van der Waals surface area contributed by atoms with E-state index in [1.165, 1.54) is 5.57 Å². The van der Waals surface area contributed by atoms with Crippen LogP contribution in [0.3, 0.4) is 0 Å². The number of aliphatic hydroxyl groups is 1. The molecule has 48 heavy (non-hydrogen) atoms. The summed E-state index contributed by atoms with van der Waals surface area (Å²) in [7, 11) is 0. The van der Waals surface area contributed by atoms with E-state index in [2.05, 4.69) is 41.6 Å². The van der Waals surface area contributed by atoms with E-state index in [0.29, 0.717) is 43.6 Å². The summed E-state index contributed by atoms with van der Waals surface area (Å²) in [6, 6.07) is -1.42. The molecule has 10 heteroatoms. The zero-order valence-corrected chi connectivity index (χ0v) is 29.8. The molecule has 0 unspecified atom stereocenters. The summed E-state index contributed by atoms with van der Waals surface area (Å²) in [5.41, 5.74) is 0.689. The van der Waals surface area contributed by atoms with E-state index in [9.17, 15) is 24.6 Å². The van der Waals surface area contributed by atoms with Crippen LogP contribution in [0.15, 0.2) is 16.8 Å². The number of fused-ring (bicyclic) bond motifs is 5. The largest absolute Gasteiger partial charge is 0.481 e. The third-order valence-electron chi connectivity index (χ3n) is 13.0. The van der Waals surface area contributed by atoms with Crippen LogP contribution in [0, 0.1) is 52.8 Å². The second-order valence-corrected chi connectivity index (χ2v) is 16.7. The van der Waals surface area contributed by atoms with Crippen LogP contribution in [0.25, 0.3) is 0 Å². The van der Waals surface area contributed by atoms with E-state index in [4.69, 9.17) is 16.0 Å². The highest BCUT2D eigenvalue weighted by Gasteiger charge is 2.63. The van der Waals surface area contributed by atoms with Crippen LogP contribution in [0.2, 0.25) is 0 Å². The van der Waals surface area contributed by atoms with Gasteiger partial charge in [-0.05, 0) is 119 Å². The molecule has 0 aromatic heterocycles. The first-order valence-corrected chi connectivity index (χ1v) is 18.1. The van der Waals surface area contributed by atoms with Gasteiger partial charge >= 0.3 is 5.97 Å². The number of terminal acetylenes is 1. The van der Waals surface area contributed by atoms with E-state index in [1.54, 1.807) is 0 Å². The first kappa shape index (κ1) is 36.4. The lowest BCUT2D eigenvalue weighted by Crippen LogP contribution is -2.55. The van der Waals surface area contributed by atoms with Crippen molar-refractivity contribution in [3.05, 3.63) is 11.6 Å². The van der Waals surface area contributed by atoms with Crippen LogP contribution in [-0.4, -0.2) is 70.2 Å². The molecule has 0 spiro atoms. The van der Waals surface area contributed by atoms with Crippen molar-refractivity contribution in [2.75, 3.05) is 13.2 Å². The second kappa shape index (κ2) is 13.8. The summed E-state index contributed by atoms with van der Waals surface area (Å²) < 4.78 is 5.80. The third kappa shape index (κ3) is 7.05. The van der Waals surface area contributed by atoms with Gasteiger partial charge in [0, 0.05) is 18.1 Å². The predicted octanol–water partition coefficient (Wildman–Crippen LogP) is 4.99. The fourth-order valence-corrected chi connectivity index (χ4v) is 10.2. The van der Waals surface area contributed by atoms with Crippen LogP contribution >= 0.6 is 0 Å². The second-order valence-electron chi connectivity index (χ2n) is 16.7. The van der Waals surface area contributed by atoms with Gasteiger partial charge in [-0.25, -0.2) is 0 Å². The number of carbonyl (C=O) groups is 3. The van der Waals surface area contributed by atoms with Crippen molar-refractivity contribution in [3.63, 3.8) is 0 Å². The average molecular weight is 668 g/mol. The van der Waals surface area contributed by atoms with Gasteiger partial charge in [-0.3, -0.25) is 14.4 Å². The summed E-state index contributed by atoms with van der Waals surface area (Å²) in [5, 5.41) is 30.9. The number of amides is 2. The number of oxime groups is 1. The molecule has 266 valence electrons. The highest BCUT2D eigenvalue weighted by molar-refractivity contribution is 5.96. The predicted molar refractivity (Wildman–Crippen MR) is 183 cm³/mol. The van der Waals surface area contributed by atoms with Crippen LogP contribution in [0.4, 0.5) is 0 Å². The van der Waals surface area contributed by atoms with Crippen molar-refractivity contribution >= 4 is 23.5 Å². The van der Waals surface area contributed by atoms with Crippen LogP contribution < -0.4 is 10.6 Å². The first-order valence-electron chi connectivity index (χ1n) is 18.1. The molecule has 2 amide bonds. The maximum absolute atomic E-state index is 13.4. The van der Waals surface area contributed by atoms with Gasteiger partial charge in [0.1, 0.15) is 11.6 Å². The summed E-state index contributed by atoms with van der Waals surface area (Å²) >= 11 is 0. The number of hydrogen-bond donors (Lipinski definition) is 4. The molecular weight excluding hydrogens is 610 g/mol. The zero-order chi connectivity index (χ0) is 35.1. The van der Waals surface area contributed by atoms with Gasteiger partial charge in [0.2, 0.25) is 5.91 Å². The maximum atomic E-state index is 13.4. The Morgan fingerprint density at radius 3 is 2.46 bits per heavy atom. The fourth-order valence-electron chi connectivity index (χ4n) is 10.2. The molecule has 1 heterocycles. The van der Waals surface area contributed by atoms with Gasteiger partial charge in [0.05, 0.1) is 17.7 Å². The normalized spacial score (nSPS) is 37.6. The Hall–Kier alpha value is -2.90. The molecule has 4 aliphatic carbocycles. The Labute approximate surface area is 286 Å². The molecule has 9 atom stereocenters. The monoisotopic (exact) mass is 667 g/mol. The molecule has 5 rings (SSSR count). The van der Waals surface area contributed by atoms with Crippen molar-refractivity contribution in [2.45, 2.75) is 135 Å². The highest BCUT2D eigenvalue weighted by Crippen LogP contribution is 2.67. The number of carbonyl (C=O) groups excluding carboxylic acids is 2. The van der Waals surface area contributed by atoms with Gasteiger partial charge in [-0.1, -0.05) is 44.3 Å². The number of hydrogen-bond acceptors (Lipinski definition) is 7. The van der Waals surface area contributed by atoms with Gasteiger partial charge in [-0.15, -0.1) is 6.42 Å². The highest BCUT2D eigenvalue weighted by atomic mass is 16.6. The van der Waals surface area contributed by atoms with E-state index in [0.717, 1.165) is 50.7 Å². The average Bonchev–Trinajstić information content (AvgIpc) is 3.29. The lowest BCUT2D eigenvalue weighted by molar-refractivity contribution is -0.140. The maximum Gasteiger partial charge on any atom is 0.305 e. The minimum Gasteiger partial charge on any atom is -0.481 e. The lowest BCUT2D eigenvalue weighted by Gasteiger charge is -2.58. The fraction of sp³-hybridized carbons (Fsp3) is 0.789. The number of nitrogens with zero attached hydrogens (tertiary/aromatic N) is 1. The molecule has 0 aromatic rings. The SMILES string of the molecule is C#C[C@@]1(O)CC[C@@H]2[C@@H]3CCC4=C/C(=N/OCC(=O)N[C@H](C(=O)N[C@H](CC(=O)O)[C@H]5CCOC(C)(C)C5)C(C)C)CC[C@]4(C)[C@H]3CC[C@@]21C. The Balaban J connectivity index is 1.17. The molecule has 10 nitrogen and oxygen atoms in total. The third-order valence-corrected chi connectivity index (χ3v) is 13.0. The summed E-state index contributed by atoms with van der Waals surface area (Å²) in [4.78, 5) is 43.5. The van der Waals surface area contributed by atoms with Crippen molar-refractivity contribution in [1.82, 2.24) is 10.6 Å². The molecule has 0 bridgehead atoms. The minimum absolute atomic E-state index is 0.0486. The lowest BCUT2D eigenvalue weighted by atomic mass is 9.46. The Kier molecular flexibility index (Phi) is 10.4. The smallest absolute Gasteiger partial charge is 0.305 e. The Morgan fingerprint density at radius 2 is 1.79 bits per heavy atom. The summed E-state index contributed by atoms with van der Waals surface area (Å²) in [5.74, 6) is 2.19. The van der Waals surface area contributed by atoms with Crippen molar-refractivity contribution in [3.8, 4) is 12.3 Å². The molecule has 1 saturated heterocycles. The van der Waals surface area contributed by atoms with Crippen molar-refractivity contribution in [2.24, 2.45) is 45.6 Å². The Morgan fingerprint density at radius 1 is 1.06 bits per heavy atom. The van der Waals surface area contributed by atoms with Crippen LogP contribution in [0.1, 0.15) is 112 Å². The summed E-state index contributed by atoms with van der Waals surface area (Å²) in [6.45, 7) is 12.4. The number of carboxylic acid groups (broad SMARTS) is 1. The zero-order valence-electron chi connectivity index (χ0n) is 29.8. The standard InChI is InChI=1S/C38H57N3O7/c1-8-38(46)17-13-29-27-10-9-25-19-26(11-15-36(25,6)28(27)12-16-37(29,38)7)41-48-22-31(42)40-33(23(2)3)34(45)39-30(20-32(43)44)24-14-18-47-35(4,5)21-24/h1,19,23-24,27-30,33,46H,9-18,20-22H2,2-7H3,(H,39,45)(H,40,42)(H,43,44)/b41-26+/t24-,27+,28-,29+,30+,33-,36-,37-,38+/m0/s1. The van der Waals surface area contributed by atoms with E-state index in [-0.39, 0.29) is 35.7 Å². The molecular formula is C38H57N3O7. The Bertz CT molecular complexity index is 1370. The van der Waals surface area contributed by atoms with Gasteiger partial charge in [0.15, 0.2) is 6.61 Å². The number of nitrogens with one attached hydrogen (secondary N) is 2. The molecule has 4 fully saturated rings. The van der Waals surface area contributed by atoms with Gasteiger partial charge < -0.3 is 30.4 Å². The molecule has 5 aliphatic rings. The van der Waals surface area contributed by atoms with Crippen molar-refractivity contribution < 1.29 is 34.2 Å². The van der Waals surface area contributed by atoms with E-state index < -0.39 is 41.1 Å². The molecule has 1 aliphatic heterocycles. The number of aliphatic carboxylic acids is 1. The van der Waals surface area contributed by atoms with Crippen LogP contribution in [0.5, 0.6) is 0 Å². The minimum atomic E-state index is -1.00. The van der Waals surface area contributed by atoms with Gasteiger partial charge in [0.25, 0.3) is 5.91 Å². The van der Waals surface area contributed by atoms with E-state index >= 15 is 0 Å². The quantitative estimate of drug-likeness (QED) is 0.190. The number of ether oxygens (including phenoxy) is 1. The number of allylic oxidation sites excluding steroid dienone is 2. The first-order chi connectivity index (χ1) is 22.5. The van der Waals surface area contributed by atoms with Gasteiger partial charge in [-0.2, -0.15) is 0 Å². The van der Waals surface area contributed by atoms with E-state index in [1.807, 2.05) is 27.7 Å². The topological polar surface area (TPSA) is 147 Å². The van der Waals surface area contributed by atoms with Crippen molar-refractivity contribution in [1.29, 1.82) is 0 Å². The number of carboxylic acids is 1. The summed E-state index contributed by atoms with van der Waals surface area (Å²) in [6.07, 6.45) is 16.6. The number of rotatable bonds is 10. The molecule has 0 aromatic carbocycles. The molecule has 0 radical (unpaired) electrons. The molecule has 4 N–H and O–H groups in total. The van der Waals surface area contributed by atoms with Crippen LogP contribution in [-0.2, 0) is 24.0 Å².